The number of nitrogens with one attached hydrogen (secondary N) is 1. The first-order valence-corrected chi connectivity index (χ1v) is 4.57. The van der Waals surface area contributed by atoms with Crippen molar-refractivity contribution < 1.29 is 19.0 Å². The Labute approximate surface area is 85.7 Å². The average Bonchev–Trinajstić information content (AvgIpc) is 2.17. The lowest BCUT2D eigenvalue weighted by atomic mass is 10.2. The predicted octanol–water partition coefficient (Wildman–Crippen LogP) is 1.47. The summed E-state index contributed by atoms with van der Waals surface area (Å²) in [4.78, 5) is 10.5. The minimum atomic E-state index is -0.910. The largest absolute Gasteiger partial charge is 0.486 e. The fourth-order valence-electron chi connectivity index (χ4n) is 1.50. The smallest absolute Gasteiger partial charge is 0.307 e. The highest BCUT2D eigenvalue weighted by molar-refractivity contribution is 5.68. The van der Waals surface area contributed by atoms with Crippen LogP contribution in [-0.2, 0) is 4.79 Å². The maximum Gasteiger partial charge on any atom is 0.307 e. The highest BCUT2D eigenvalue weighted by Gasteiger charge is 2.21. The van der Waals surface area contributed by atoms with Gasteiger partial charge in [0, 0.05) is 6.07 Å². The molecule has 1 atom stereocenters. The summed E-state index contributed by atoms with van der Waals surface area (Å²) in [5, 5.41) is 11.5. The molecule has 4 nitrogen and oxygen atoms in total. The van der Waals surface area contributed by atoms with Crippen LogP contribution in [0.3, 0.4) is 0 Å². The molecule has 0 aliphatic carbocycles. The van der Waals surface area contributed by atoms with Gasteiger partial charge in [-0.1, -0.05) is 0 Å². The van der Waals surface area contributed by atoms with Gasteiger partial charge in [-0.25, -0.2) is 4.39 Å². The van der Waals surface area contributed by atoms with Crippen molar-refractivity contribution in [3.63, 3.8) is 0 Å². The number of hydrogen-bond acceptors (Lipinski definition) is 3. The van der Waals surface area contributed by atoms with E-state index in [1.54, 1.807) is 0 Å². The number of rotatable bonds is 2. The van der Waals surface area contributed by atoms with E-state index in [9.17, 15) is 9.18 Å². The van der Waals surface area contributed by atoms with Crippen molar-refractivity contribution in [3.8, 4) is 5.75 Å². The SMILES string of the molecule is O=C(O)CC1CNc2cc(F)ccc2O1. The third-order valence-corrected chi connectivity index (χ3v) is 2.16. The first-order valence-electron chi connectivity index (χ1n) is 4.57. The second-order valence-corrected chi connectivity index (χ2v) is 3.36. The lowest BCUT2D eigenvalue weighted by Crippen LogP contribution is -2.32. The molecule has 0 radical (unpaired) electrons. The van der Waals surface area contributed by atoms with Crippen LogP contribution in [0.1, 0.15) is 6.42 Å². The topological polar surface area (TPSA) is 58.6 Å². The first-order chi connectivity index (χ1) is 7.15. The summed E-state index contributed by atoms with van der Waals surface area (Å²) >= 11 is 0. The van der Waals surface area contributed by atoms with Gasteiger partial charge >= 0.3 is 5.97 Å². The molecule has 15 heavy (non-hydrogen) atoms. The molecule has 5 heteroatoms. The number of carboxylic acids is 1. The van der Waals surface area contributed by atoms with Gasteiger partial charge in [-0.2, -0.15) is 0 Å². The number of carbonyl (C=O) groups is 1. The molecule has 0 amide bonds. The molecule has 2 N–H and O–H groups in total. The molecule has 1 unspecified atom stereocenters. The fourth-order valence-corrected chi connectivity index (χ4v) is 1.50. The lowest BCUT2D eigenvalue weighted by molar-refractivity contribution is -0.138. The van der Waals surface area contributed by atoms with E-state index in [0.717, 1.165) is 0 Å². The molecule has 1 aliphatic rings. The first kappa shape index (κ1) is 9.76. The Bertz CT molecular complexity index is 394. The van der Waals surface area contributed by atoms with Crippen LogP contribution in [0.5, 0.6) is 5.75 Å². The number of hydrogen-bond donors (Lipinski definition) is 2. The molecule has 0 spiro atoms. The van der Waals surface area contributed by atoms with E-state index in [2.05, 4.69) is 5.32 Å². The van der Waals surface area contributed by atoms with Gasteiger partial charge in [0.2, 0.25) is 0 Å². The number of fused-ring (bicyclic) bond motifs is 1. The summed E-state index contributed by atoms with van der Waals surface area (Å²) in [6, 6.07) is 4.10. The van der Waals surface area contributed by atoms with E-state index in [4.69, 9.17) is 9.84 Å². The summed E-state index contributed by atoms with van der Waals surface area (Å²) in [5.74, 6) is -0.761. The van der Waals surface area contributed by atoms with E-state index in [-0.39, 0.29) is 12.2 Å². The summed E-state index contributed by atoms with van der Waals surface area (Å²) in [7, 11) is 0. The van der Waals surface area contributed by atoms with Crippen LogP contribution in [-0.4, -0.2) is 23.7 Å². The van der Waals surface area contributed by atoms with Gasteiger partial charge in [-0.15, -0.1) is 0 Å². The summed E-state index contributed by atoms with van der Waals surface area (Å²) in [5.41, 5.74) is 0.566. The molecule has 0 bridgehead atoms. The van der Waals surface area contributed by atoms with Gasteiger partial charge < -0.3 is 15.2 Å². The van der Waals surface area contributed by atoms with Gasteiger partial charge in [0.05, 0.1) is 18.7 Å². The second kappa shape index (κ2) is 3.76. The molecule has 0 saturated heterocycles. The minimum Gasteiger partial charge on any atom is -0.486 e. The maximum absolute atomic E-state index is 12.8. The number of aliphatic carboxylic acids is 1. The molecule has 80 valence electrons. The van der Waals surface area contributed by atoms with Crippen molar-refractivity contribution >= 4 is 11.7 Å². The van der Waals surface area contributed by atoms with Crippen molar-refractivity contribution in [2.75, 3.05) is 11.9 Å². The van der Waals surface area contributed by atoms with Crippen LogP contribution in [0.2, 0.25) is 0 Å². The normalized spacial score (nSPS) is 18.6. The Morgan fingerprint density at radius 3 is 3.20 bits per heavy atom. The van der Waals surface area contributed by atoms with Crippen LogP contribution in [0, 0.1) is 5.82 Å². The van der Waals surface area contributed by atoms with Crippen LogP contribution in [0.25, 0.3) is 0 Å². The van der Waals surface area contributed by atoms with Crippen LogP contribution in [0.4, 0.5) is 10.1 Å². The van der Waals surface area contributed by atoms with Crippen LogP contribution in [0.15, 0.2) is 18.2 Å². The molecule has 0 aromatic heterocycles. The molecule has 0 saturated carbocycles. The fraction of sp³-hybridized carbons (Fsp3) is 0.300. The molecular formula is C10H10FNO3. The zero-order valence-electron chi connectivity index (χ0n) is 7.87. The van der Waals surface area contributed by atoms with Crippen molar-refractivity contribution in [3.05, 3.63) is 24.0 Å². The number of ether oxygens (including phenoxy) is 1. The van der Waals surface area contributed by atoms with Crippen molar-refractivity contribution in [2.24, 2.45) is 0 Å². The van der Waals surface area contributed by atoms with E-state index >= 15 is 0 Å². The molecule has 1 aromatic carbocycles. The Kier molecular flexibility index (Phi) is 2.45. The summed E-state index contributed by atoms with van der Waals surface area (Å²) < 4.78 is 18.2. The van der Waals surface area contributed by atoms with Crippen LogP contribution >= 0.6 is 0 Å². The highest BCUT2D eigenvalue weighted by atomic mass is 19.1. The Morgan fingerprint density at radius 2 is 2.47 bits per heavy atom. The Hall–Kier alpha value is -1.78. The molecule has 1 aromatic rings. The molecule has 1 aliphatic heterocycles. The second-order valence-electron chi connectivity index (χ2n) is 3.36. The zero-order valence-corrected chi connectivity index (χ0v) is 7.87. The molecule has 0 fully saturated rings. The van der Waals surface area contributed by atoms with Crippen molar-refractivity contribution in [2.45, 2.75) is 12.5 Å². The van der Waals surface area contributed by atoms with Crippen molar-refractivity contribution in [1.29, 1.82) is 0 Å². The zero-order chi connectivity index (χ0) is 10.8. The Morgan fingerprint density at radius 1 is 1.67 bits per heavy atom. The standard InChI is InChI=1S/C10H10FNO3/c11-6-1-2-9-8(3-6)12-5-7(15-9)4-10(13)14/h1-3,7,12H,4-5H2,(H,13,14). The van der Waals surface area contributed by atoms with E-state index in [1.807, 2.05) is 0 Å². The van der Waals surface area contributed by atoms with Gasteiger partial charge in [-0.05, 0) is 12.1 Å². The summed E-state index contributed by atoms with van der Waals surface area (Å²) in [6.45, 7) is 0.378. The monoisotopic (exact) mass is 211 g/mol. The van der Waals surface area contributed by atoms with Gasteiger partial charge in [-0.3, -0.25) is 4.79 Å². The quantitative estimate of drug-likeness (QED) is 0.777. The highest BCUT2D eigenvalue weighted by Crippen LogP contribution is 2.30. The van der Waals surface area contributed by atoms with Gasteiger partial charge in [0.1, 0.15) is 17.7 Å². The predicted molar refractivity (Wildman–Crippen MR) is 51.6 cm³/mol. The molecule has 1 heterocycles. The van der Waals surface area contributed by atoms with E-state index in [1.165, 1.54) is 18.2 Å². The third kappa shape index (κ3) is 2.18. The number of carboxylic acid groups (broad SMARTS) is 1. The summed E-state index contributed by atoms with van der Waals surface area (Å²) in [6.07, 6.45) is -0.468. The van der Waals surface area contributed by atoms with E-state index < -0.39 is 12.1 Å². The number of benzene rings is 1. The van der Waals surface area contributed by atoms with E-state index in [0.29, 0.717) is 18.0 Å². The third-order valence-electron chi connectivity index (χ3n) is 2.16. The Balaban J connectivity index is 2.13. The van der Waals surface area contributed by atoms with Gasteiger partial charge in [0.15, 0.2) is 0 Å². The van der Waals surface area contributed by atoms with Gasteiger partial charge in [0.25, 0.3) is 0 Å². The van der Waals surface area contributed by atoms with Crippen LogP contribution < -0.4 is 10.1 Å². The number of halogens is 1. The average molecular weight is 211 g/mol. The maximum atomic E-state index is 12.8. The number of anilines is 1. The molecular weight excluding hydrogens is 201 g/mol. The van der Waals surface area contributed by atoms with Crippen molar-refractivity contribution in [1.82, 2.24) is 0 Å². The molecule has 2 rings (SSSR count). The lowest BCUT2D eigenvalue weighted by Gasteiger charge is -2.26. The minimum absolute atomic E-state index is 0.0657.